The van der Waals surface area contributed by atoms with Crippen molar-refractivity contribution in [2.24, 2.45) is 0 Å². The maximum Gasteiger partial charge on any atom is 0.317 e. The van der Waals surface area contributed by atoms with Crippen molar-refractivity contribution in [2.75, 3.05) is 19.6 Å². The van der Waals surface area contributed by atoms with Gasteiger partial charge in [-0.05, 0) is 0 Å². The molecule has 168 valence electrons. The van der Waals surface area contributed by atoms with Gasteiger partial charge >= 0.3 is 17.9 Å². The third kappa shape index (κ3) is 9.49. The molecule has 0 aromatic rings. The van der Waals surface area contributed by atoms with Gasteiger partial charge in [0.1, 0.15) is 0 Å². The van der Waals surface area contributed by atoms with Crippen LogP contribution in [0, 0.1) is 0 Å². The third-order valence-corrected chi connectivity index (χ3v) is 3.90. The lowest BCUT2D eigenvalue weighted by molar-refractivity contribution is -0.140. The minimum atomic E-state index is -1.48. The molecule has 28 heavy (non-hydrogen) atoms. The van der Waals surface area contributed by atoms with Crippen molar-refractivity contribution in [1.29, 1.82) is 0 Å². The number of hydrogen-bond acceptors (Lipinski definition) is 9. The Bertz CT molecular complexity index is 471. The molecule has 0 amide bonds. The highest BCUT2D eigenvalue weighted by Crippen LogP contribution is 2.22. The van der Waals surface area contributed by atoms with Crippen LogP contribution in [-0.4, -0.2) is 105 Å². The monoisotopic (exact) mass is 473 g/mol. The second-order valence-electron chi connectivity index (χ2n) is 5.70. The summed E-state index contributed by atoms with van der Waals surface area (Å²) in [7, 11) is 0. The topological polar surface area (TPSA) is 209 Å². The Kier molecular flexibility index (Phi) is 16.9. The van der Waals surface area contributed by atoms with Gasteiger partial charge in [-0.25, -0.2) is 0 Å². The first-order valence-corrected chi connectivity index (χ1v) is 7.55. The van der Waals surface area contributed by atoms with Gasteiger partial charge in [-0.3, -0.25) is 25.0 Å². The van der Waals surface area contributed by atoms with Crippen molar-refractivity contribution in [3.05, 3.63) is 0 Å². The standard InChI is InChI=1S/C13H23N3O9.3ClH/c17-5(18)1-2-14-8-11(23)9(15-3-6(19)20)13(25)10(12(8)24)16-4-7(21)22;;;/h8-16,23-25H,1-4H2,(H,17,18)(H,19,20)(H,21,22);3*1H/t8-,9+,10-,11+,12-,13+;;;. The van der Waals surface area contributed by atoms with E-state index in [1.54, 1.807) is 0 Å². The van der Waals surface area contributed by atoms with Crippen molar-refractivity contribution in [1.82, 2.24) is 16.0 Å². The summed E-state index contributed by atoms with van der Waals surface area (Å²) in [5, 5.41) is 64.5. The van der Waals surface area contributed by atoms with Crippen LogP contribution in [0.25, 0.3) is 0 Å². The molecule has 12 nitrogen and oxygen atoms in total. The molecule has 1 saturated carbocycles. The van der Waals surface area contributed by atoms with E-state index in [4.69, 9.17) is 15.3 Å². The summed E-state index contributed by atoms with van der Waals surface area (Å²) < 4.78 is 0. The van der Waals surface area contributed by atoms with Gasteiger partial charge in [-0.15, -0.1) is 37.2 Å². The highest BCUT2D eigenvalue weighted by molar-refractivity contribution is 5.86. The van der Waals surface area contributed by atoms with Crippen LogP contribution >= 0.6 is 37.2 Å². The molecule has 0 aliphatic heterocycles. The minimum Gasteiger partial charge on any atom is -0.481 e. The zero-order valence-electron chi connectivity index (χ0n) is 14.4. The smallest absolute Gasteiger partial charge is 0.317 e. The van der Waals surface area contributed by atoms with Gasteiger partial charge in [0.15, 0.2) is 0 Å². The van der Waals surface area contributed by atoms with E-state index in [2.05, 4.69) is 16.0 Å². The number of nitrogens with one attached hydrogen (secondary N) is 3. The largest absolute Gasteiger partial charge is 0.481 e. The van der Waals surface area contributed by atoms with Gasteiger partial charge < -0.3 is 36.0 Å². The van der Waals surface area contributed by atoms with Crippen molar-refractivity contribution in [3.8, 4) is 0 Å². The summed E-state index contributed by atoms with van der Waals surface area (Å²) in [6, 6.07) is -3.48. The number of aliphatic hydroxyl groups is 3. The number of aliphatic carboxylic acids is 3. The minimum absolute atomic E-state index is 0. The van der Waals surface area contributed by atoms with E-state index in [0.29, 0.717) is 0 Å². The van der Waals surface area contributed by atoms with E-state index in [-0.39, 0.29) is 50.2 Å². The zero-order chi connectivity index (χ0) is 19.1. The molecule has 0 aromatic heterocycles. The second kappa shape index (κ2) is 15.0. The summed E-state index contributed by atoms with van der Waals surface area (Å²) in [6.07, 6.45) is -4.66. The first-order valence-electron chi connectivity index (χ1n) is 7.55. The van der Waals surface area contributed by atoms with E-state index >= 15 is 0 Å². The maximum atomic E-state index is 10.7. The molecular weight excluding hydrogens is 449 g/mol. The highest BCUT2D eigenvalue weighted by Gasteiger charge is 2.49. The summed E-state index contributed by atoms with van der Waals surface area (Å²) in [6.45, 7) is -1.26. The molecule has 1 aliphatic carbocycles. The molecule has 15 heteroatoms. The molecule has 1 fully saturated rings. The molecule has 1 aliphatic rings. The fourth-order valence-electron chi connectivity index (χ4n) is 2.76. The molecule has 0 saturated heterocycles. The number of carboxylic acid groups (broad SMARTS) is 3. The van der Waals surface area contributed by atoms with Crippen LogP contribution in [0.3, 0.4) is 0 Å². The van der Waals surface area contributed by atoms with Crippen LogP contribution in [0.2, 0.25) is 0 Å². The van der Waals surface area contributed by atoms with E-state index in [0.717, 1.165) is 0 Å². The molecule has 6 atom stereocenters. The lowest BCUT2D eigenvalue weighted by Gasteiger charge is -2.46. The first-order chi connectivity index (χ1) is 11.6. The molecule has 0 bridgehead atoms. The van der Waals surface area contributed by atoms with Crippen LogP contribution in [0.4, 0.5) is 0 Å². The fraction of sp³-hybridized carbons (Fsp3) is 0.769. The summed E-state index contributed by atoms with van der Waals surface area (Å²) in [4.78, 5) is 32.0. The number of aliphatic hydroxyl groups excluding tert-OH is 3. The zero-order valence-corrected chi connectivity index (χ0v) is 16.9. The van der Waals surface area contributed by atoms with Crippen LogP contribution < -0.4 is 16.0 Å². The average molecular weight is 475 g/mol. The fourth-order valence-corrected chi connectivity index (χ4v) is 2.76. The lowest BCUT2D eigenvalue weighted by Crippen LogP contribution is -2.74. The number of carboxylic acids is 3. The first kappa shape index (κ1) is 31.7. The molecule has 0 radical (unpaired) electrons. The number of hydrogen-bond donors (Lipinski definition) is 9. The number of halogens is 3. The van der Waals surface area contributed by atoms with Crippen molar-refractivity contribution in [2.45, 2.75) is 42.9 Å². The predicted octanol–water partition coefficient (Wildman–Crippen LogP) is -3.13. The van der Waals surface area contributed by atoms with Gasteiger partial charge in [-0.2, -0.15) is 0 Å². The van der Waals surface area contributed by atoms with Gasteiger partial charge in [0, 0.05) is 6.54 Å². The predicted molar refractivity (Wildman–Crippen MR) is 103 cm³/mol. The molecule has 0 unspecified atom stereocenters. The summed E-state index contributed by atoms with van der Waals surface area (Å²) >= 11 is 0. The van der Waals surface area contributed by atoms with E-state index in [9.17, 15) is 29.7 Å². The number of carbonyl (C=O) groups is 3. The van der Waals surface area contributed by atoms with Gasteiger partial charge in [0.05, 0.1) is 55.9 Å². The molecular formula is C13H26Cl3N3O9. The Balaban J connectivity index is -0.00000208. The summed E-state index contributed by atoms with van der Waals surface area (Å²) in [5.41, 5.74) is 0. The van der Waals surface area contributed by atoms with Crippen molar-refractivity contribution >= 4 is 55.1 Å². The van der Waals surface area contributed by atoms with Crippen LogP contribution in [0.15, 0.2) is 0 Å². The highest BCUT2D eigenvalue weighted by atomic mass is 35.5. The van der Waals surface area contributed by atoms with Crippen LogP contribution in [0.1, 0.15) is 6.42 Å². The molecule has 0 heterocycles. The maximum absolute atomic E-state index is 10.7. The Hall–Kier alpha value is -0.960. The number of rotatable bonds is 10. The second-order valence-corrected chi connectivity index (χ2v) is 5.70. The van der Waals surface area contributed by atoms with Gasteiger partial charge in [0.2, 0.25) is 0 Å². The Morgan fingerprint density at radius 1 is 0.607 bits per heavy atom. The Morgan fingerprint density at radius 2 is 0.929 bits per heavy atom. The average Bonchev–Trinajstić information content (AvgIpc) is 2.49. The lowest BCUT2D eigenvalue weighted by atomic mass is 9.79. The molecule has 0 aromatic carbocycles. The summed E-state index contributed by atoms with van der Waals surface area (Å²) in [5.74, 6) is -3.58. The van der Waals surface area contributed by atoms with Crippen LogP contribution in [0.5, 0.6) is 0 Å². The SMILES string of the molecule is Cl.Cl.Cl.O=C(O)CCN[C@H]1[C@@H](O)[C@@H](NCC(=O)O)[C@@H](O)[C@@H](NCC(=O)O)[C@H]1O. The Labute approximate surface area is 178 Å². The molecule has 1 rings (SSSR count). The van der Waals surface area contributed by atoms with E-state index in [1.807, 2.05) is 0 Å². The van der Waals surface area contributed by atoms with E-state index < -0.39 is 67.4 Å². The van der Waals surface area contributed by atoms with E-state index in [1.165, 1.54) is 0 Å². The quantitative estimate of drug-likeness (QED) is 0.154. The third-order valence-electron chi connectivity index (χ3n) is 3.90. The molecule has 9 N–H and O–H groups in total. The normalized spacial score (nSPS) is 28.8. The van der Waals surface area contributed by atoms with Crippen LogP contribution in [-0.2, 0) is 14.4 Å². The van der Waals surface area contributed by atoms with Crippen molar-refractivity contribution < 1.29 is 45.0 Å². The van der Waals surface area contributed by atoms with Gasteiger partial charge in [-0.1, -0.05) is 0 Å². The molecule has 0 spiro atoms. The van der Waals surface area contributed by atoms with Crippen molar-refractivity contribution in [3.63, 3.8) is 0 Å². The Morgan fingerprint density at radius 3 is 1.21 bits per heavy atom. The van der Waals surface area contributed by atoms with Gasteiger partial charge in [0.25, 0.3) is 0 Å².